The zero-order chi connectivity index (χ0) is 27.4. The summed E-state index contributed by atoms with van der Waals surface area (Å²) in [6.45, 7) is 7.33. The zero-order valence-corrected chi connectivity index (χ0v) is 22.6. The van der Waals surface area contributed by atoms with Gasteiger partial charge in [-0.05, 0) is 56.4 Å². The number of nitrogens with one attached hydrogen (secondary N) is 2. The Morgan fingerprint density at radius 2 is 1.86 bits per heavy atom. The van der Waals surface area contributed by atoms with Crippen LogP contribution >= 0.6 is 11.6 Å². The maximum atomic E-state index is 13.4. The van der Waals surface area contributed by atoms with Gasteiger partial charge in [0.25, 0.3) is 0 Å². The fourth-order valence-electron chi connectivity index (χ4n) is 4.55. The van der Waals surface area contributed by atoms with Gasteiger partial charge in [-0.2, -0.15) is 17.5 Å². The van der Waals surface area contributed by atoms with Gasteiger partial charge in [-0.1, -0.05) is 43.2 Å². The van der Waals surface area contributed by atoms with E-state index in [4.69, 9.17) is 11.6 Å². The standard InChI is InChI=1S/C25H34ClF3N4O3S/c1-17(22-31-21(24(2,3)32-22)23(34)30-14-13-25(27,28)29)12-15-33(16-18-8-10-19(26)11-9-18)37(35,36)20-6-4-5-7-20/h8-11,20-21H,1,4-7,12-16H2,2-3H3,(H,30,34)(H,31,32)/t21-/m0/s1. The average molecular weight is 563 g/mol. The van der Waals surface area contributed by atoms with E-state index >= 15 is 0 Å². The fraction of sp³-hybridized carbons (Fsp3) is 0.600. The first-order valence-corrected chi connectivity index (χ1v) is 14.2. The molecule has 0 aromatic heterocycles. The lowest BCUT2D eigenvalue weighted by molar-refractivity contribution is -0.136. The smallest absolute Gasteiger partial charge is 0.363 e. The van der Waals surface area contributed by atoms with Gasteiger partial charge in [-0.3, -0.25) is 9.79 Å². The van der Waals surface area contributed by atoms with Crippen molar-refractivity contribution in [2.24, 2.45) is 4.99 Å². The first-order chi connectivity index (χ1) is 17.2. The molecule has 3 rings (SSSR count). The molecular formula is C25H34ClF3N4O3S. The normalized spacial score (nSPS) is 20.1. The first-order valence-electron chi connectivity index (χ1n) is 12.3. The molecule has 1 heterocycles. The second-order valence-corrected chi connectivity index (χ2v) is 12.8. The number of rotatable bonds is 11. The predicted molar refractivity (Wildman–Crippen MR) is 139 cm³/mol. The van der Waals surface area contributed by atoms with Crippen molar-refractivity contribution < 1.29 is 26.4 Å². The summed E-state index contributed by atoms with van der Waals surface area (Å²) in [7, 11) is -3.55. The van der Waals surface area contributed by atoms with Crippen molar-refractivity contribution in [1.82, 2.24) is 14.9 Å². The molecule has 12 heteroatoms. The molecule has 1 aromatic rings. The number of hydrogen-bond acceptors (Lipinski definition) is 5. The quantitative estimate of drug-likeness (QED) is 0.413. The number of carbonyl (C=O) groups is 1. The lowest BCUT2D eigenvalue weighted by atomic mass is 9.96. The van der Waals surface area contributed by atoms with Gasteiger partial charge < -0.3 is 10.6 Å². The molecule has 0 saturated heterocycles. The zero-order valence-electron chi connectivity index (χ0n) is 21.1. The second kappa shape index (κ2) is 11.7. The molecule has 1 amide bonds. The van der Waals surface area contributed by atoms with E-state index in [1.165, 1.54) is 4.31 Å². The lowest BCUT2D eigenvalue weighted by Crippen LogP contribution is -2.51. The molecular weight excluding hydrogens is 529 g/mol. The van der Waals surface area contributed by atoms with Crippen LogP contribution in [0, 0.1) is 0 Å². The summed E-state index contributed by atoms with van der Waals surface area (Å²) in [5.41, 5.74) is 0.477. The van der Waals surface area contributed by atoms with E-state index in [2.05, 4.69) is 22.2 Å². The number of benzene rings is 1. The van der Waals surface area contributed by atoms with Crippen molar-refractivity contribution in [2.45, 2.75) is 81.9 Å². The molecule has 7 nitrogen and oxygen atoms in total. The number of amidine groups is 1. The number of aliphatic imine (C=N–C) groups is 1. The molecule has 1 aromatic carbocycles. The molecule has 1 aliphatic heterocycles. The summed E-state index contributed by atoms with van der Waals surface area (Å²) in [4.78, 5) is 16.9. The van der Waals surface area contributed by atoms with Crippen LogP contribution in [0.25, 0.3) is 0 Å². The topological polar surface area (TPSA) is 90.9 Å². The summed E-state index contributed by atoms with van der Waals surface area (Å²) in [6, 6.07) is 6.08. The van der Waals surface area contributed by atoms with Crippen LogP contribution in [0.15, 0.2) is 41.4 Å². The minimum Gasteiger partial charge on any atom is -0.363 e. The summed E-state index contributed by atoms with van der Waals surface area (Å²) in [6.07, 6.45) is -2.19. The lowest BCUT2D eigenvalue weighted by Gasteiger charge is -2.27. The first kappa shape index (κ1) is 29.4. The highest BCUT2D eigenvalue weighted by molar-refractivity contribution is 7.89. The number of sulfonamides is 1. The Hall–Kier alpha value is -2.11. The number of hydrogen-bond donors (Lipinski definition) is 2. The van der Waals surface area contributed by atoms with Crippen molar-refractivity contribution in [1.29, 1.82) is 0 Å². The third kappa shape index (κ3) is 7.94. The van der Waals surface area contributed by atoms with Crippen molar-refractivity contribution in [3.63, 3.8) is 0 Å². The fourth-order valence-corrected chi connectivity index (χ4v) is 6.70. The van der Waals surface area contributed by atoms with Gasteiger partial charge in [-0.15, -0.1) is 0 Å². The van der Waals surface area contributed by atoms with Crippen molar-refractivity contribution >= 4 is 33.4 Å². The molecule has 1 atom stereocenters. The SMILES string of the molecule is C=C(CCN(Cc1ccc(Cl)cc1)S(=O)(=O)C1CCCC1)C1=N[C@@H](C(=O)NCCC(F)(F)F)C(C)(C)N1. The summed E-state index contributed by atoms with van der Waals surface area (Å²) < 4.78 is 65.7. The Morgan fingerprint density at radius 3 is 2.46 bits per heavy atom. The molecule has 2 aliphatic rings. The molecule has 0 unspecified atom stereocenters. The van der Waals surface area contributed by atoms with E-state index in [-0.39, 0.29) is 19.5 Å². The number of carbonyl (C=O) groups excluding carboxylic acids is 1. The van der Waals surface area contributed by atoms with E-state index < -0.39 is 51.9 Å². The largest absolute Gasteiger partial charge is 0.390 e. The van der Waals surface area contributed by atoms with E-state index in [1.54, 1.807) is 38.1 Å². The van der Waals surface area contributed by atoms with Crippen LogP contribution in [0.4, 0.5) is 13.2 Å². The van der Waals surface area contributed by atoms with E-state index in [9.17, 15) is 26.4 Å². The van der Waals surface area contributed by atoms with Crippen LogP contribution in [0.2, 0.25) is 5.02 Å². The van der Waals surface area contributed by atoms with Gasteiger partial charge in [0.15, 0.2) is 6.04 Å². The Bertz CT molecular complexity index is 1110. The van der Waals surface area contributed by atoms with Gasteiger partial charge in [0.05, 0.1) is 17.2 Å². The van der Waals surface area contributed by atoms with Gasteiger partial charge in [-0.25, -0.2) is 8.42 Å². The molecule has 0 spiro atoms. The molecule has 1 aliphatic carbocycles. The van der Waals surface area contributed by atoms with Crippen molar-refractivity contribution in [3.05, 3.63) is 47.0 Å². The van der Waals surface area contributed by atoms with Crippen LogP contribution in [0.1, 0.15) is 57.9 Å². The average Bonchev–Trinajstić information content (AvgIpc) is 3.45. The Morgan fingerprint density at radius 1 is 1.24 bits per heavy atom. The van der Waals surface area contributed by atoms with E-state index in [0.717, 1.165) is 18.4 Å². The molecule has 0 radical (unpaired) electrons. The van der Waals surface area contributed by atoms with E-state index in [1.807, 2.05) is 0 Å². The number of alkyl halides is 3. The minimum atomic E-state index is -4.36. The molecule has 2 N–H and O–H groups in total. The van der Waals surface area contributed by atoms with Gasteiger partial charge in [0.1, 0.15) is 5.84 Å². The van der Waals surface area contributed by atoms with Crippen LogP contribution in [0.5, 0.6) is 0 Å². The number of amides is 1. The summed E-state index contributed by atoms with van der Waals surface area (Å²) in [5, 5.41) is 5.57. The second-order valence-electron chi connectivity index (χ2n) is 10.1. The highest BCUT2D eigenvalue weighted by Crippen LogP contribution is 2.29. The third-order valence-electron chi connectivity index (χ3n) is 6.69. The van der Waals surface area contributed by atoms with Crippen LogP contribution in [-0.2, 0) is 21.4 Å². The van der Waals surface area contributed by atoms with E-state index in [0.29, 0.717) is 29.3 Å². The van der Waals surface area contributed by atoms with Crippen molar-refractivity contribution in [2.75, 3.05) is 13.1 Å². The Kier molecular flexibility index (Phi) is 9.34. The van der Waals surface area contributed by atoms with Gasteiger partial charge in [0, 0.05) is 24.7 Å². The van der Waals surface area contributed by atoms with Crippen LogP contribution in [0.3, 0.4) is 0 Å². The summed E-state index contributed by atoms with van der Waals surface area (Å²) >= 11 is 5.98. The maximum absolute atomic E-state index is 13.4. The van der Waals surface area contributed by atoms with Crippen molar-refractivity contribution in [3.8, 4) is 0 Å². The third-order valence-corrected chi connectivity index (χ3v) is 9.29. The summed E-state index contributed by atoms with van der Waals surface area (Å²) in [5.74, 6) is -0.261. The van der Waals surface area contributed by atoms with Crippen LogP contribution < -0.4 is 10.6 Å². The highest BCUT2D eigenvalue weighted by atomic mass is 35.5. The number of nitrogens with zero attached hydrogens (tertiary/aromatic N) is 2. The maximum Gasteiger partial charge on any atom is 0.390 e. The minimum absolute atomic E-state index is 0.171. The van der Waals surface area contributed by atoms with Gasteiger partial charge in [0.2, 0.25) is 15.9 Å². The van der Waals surface area contributed by atoms with Crippen LogP contribution in [-0.4, -0.2) is 60.6 Å². The monoisotopic (exact) mass is 562 g/mol. The molecule has 1 saturated carbocycles. The number of halogens is 4. The predicted octanol–water partition coefficient (Wildman–Crippen LogP) is 4.58. The molecule has 1 fully saturated rings. The highest BCUT2D eigenvalue weighted by Gasteiger charge is 2.42. The van der Waals surface area contributed by atoms with Gasteiger partial charge >= 0.3 is 6.18 Å². The molecule has 0 bridgehead atoms. The Balaban J connectivity index is 1.69. The molecule has 206 valence electrons. The molecule has 37 heavy (non-hydrogen) atoms. The Labute approximate surface area is 221 Å².